The van der Waals surface area contributed by atoms with Crippen LogP contribution < -0.4 is 9.47 Å². The van der Waals surface area contributed by atoms with E-state index in [2.05, 4.69) is 0 Å². The Balaban J connectivity index is 3.30. The van der Waals surface area contributed by atoms with Gasteiger partial charge in [0.05, 0.1) is 7.11 Å². The lowest BCUT2D eigenvalue weighted by atomic mass is 10.1. The molecule has 0 aromatic heterocycles. The van der Waals surface area contributed by atoms with Gasteiger partial charge in [0, 0.05) is 18.1 Å². The molecule has 0 unspecified atom stereocenters. The summed E-state index contributed by atoms with van der Waals surface area (Å²) < 4.78 is 10.1. The summed E-state index contributed by atoms with van der Waals surface area (Å²) in [6.07, 6.45) is 1.42. The second kappa shape index (κ2) is 5.86. The van der Waals surface area contributed by atoms with Crippen molar-refractivity contribution in [1.82, 2.24) is 0 Å². The van der Waals surface area contributed by atoms with Crippen LogP contribution in [0.2, 0.25) is 0 Å². The van der Waals surface area contributed by atoms with Gasteiger partial charge in [-0.3, -0.25) is 4.79 Å². The zero-order valence-corrected chi connectivity index (χ0v) is 10.4. The van der Waals surface area contributed by atoms with Gasteiger partial charge in [0.25, 0.3) is 0 Å². The number of methoxy groups -OCH3 is 1. The van der Waals surface area contributed by atoms with Gasteiger partial charge in [0.15, 0.2) is 11.5 Å². The average Bonchev–Trinajstić information content (AvgIpc) is 2.30. The minimum absolute atomic E-state index is 0.136. The van der Waals surface area contributed by atoms with Gasteiger partial charge in [0.1, 0.15) is 0 Å². The fourth-order valence-electron chi connectivity index (χ4n) is 1.36. The SMILES string of the molecule is COc1cccc(/C=C(\C)C(=O)O)c1OC(C)=O. The highest BCUT2D eigenvalue weighted by molar-refractivity contribution is 5.92. The minimum Gasteiger partial charge on any atom is -0.493 e. The first kappa shape index (κ1) is 13.8. The lowest BCUT2D eigenvalue weighted by molar-refractivity contribution is -0.133. The number of esters is 1. The molecule has 0 fully saturated rings. The van der Waals surface area contributed by atoms with E-state index in [4.69, 9.17) is 14.6 Å². The number of carbonyl (C=O) groups excluding carboxylic acids is 1. The van der Waals surface area contributed by atoms with Crippen molar-refractivity contribution in [2.75, 3.05) is 7.11 Å². The summed E-state index contributed by atoms with van der Waals surface area (Å²) in [6.45, 7) is 2.73. The van der Waals surface area contributed by atoms with E-state index in [9.17, 15) is 9.59 Å². The van der Waals surface area contributed by atoms with Crippen molar-refractivity contribution in [3.63, 3.8) is 0 Å². The number of rotatable bonds is 4. The molecule has 0 aliphatic carbocycles. The summed E-state index contributed by atoms with van der Waals surface area (Å²) in [7, 11) is 1.44. The summed E-state index contributed by atoms with van der Waals surface area (Å²) in [5.41, 5.74) is 0.612. The van der Waals surface area contributed by atoms with Crippen molar-refractivity contribution in [3.05, 3.63) is 29.3 Å². The fraction of sp³-hybridized carbons (Fsp3) is 0.231. The molecule has 0 saturated heterocycles. The maximum atomic E-state index is 11.0. The molecule has 96 valence electrons. The van der Waals surface area contributed by atoms with Crippen molar-refractivity contribution >= 4 is 18.0 Å². The summed E-state index contributed by atoms with van der Waals surface area (Å²) >= 11 is 0. The van der Waals surface area contributed by atoms with E-state index in [-0.39, 0.29) is 11.3 Å². The van der Waals surface area contributed by atoms with Gasteiger partial charge in [-0.15, -0.1) is 0 Å². The standard InChI is InChI=1S/C13H14O5/c1-8(13(15)16)7-10-5-4-6-11(17-3)12(10)18-9(2)14/h4-7H,1-3H3,(H,15,16)/b8-7+. The number of hydrogen-bond acceptors (Lipinski definition) is 4. The van der Waals surface area contributed by atoms with Crippen LogP contribution in [0.1, 0.15) is 19.4 Å². The third kappa shape index (κ3) is 3.35. The highest BCUT2D eigenvalue weighted by Crippen LogP contribution is 2.32. The van der Waals surface area contributed by atoms with Crippen molar-refractivity contribution in [2.45, 2.75) is 13.8 Å². The average molecular weight is 250 g/mol. The summed E-state index contributed by atoms with van der Waals surface area (Å²) in [5.74, 6) is -0.945. The number of carboxylic acid groups (broad SMARTS) is 1. The van der Waals surface area contributed by atoms with E-state index in [1.54, 1.807) is 18.2 Å². The topological polar surface area (TPSA) is 72.8 Å². The second-order valence-corrected chi connectivity index (χ2v) is 3.60. The Bertz CT molecular complexity index is 502. The number of para-hydroxylation sites is 1. The van der Waals surface area contributed by atoms with E-state index in [1.165, 1.54) is 27.0 Å². The van der Waals surface area contributed by atoms with E-state index < -0.39 is 11.9 Å². The Morgan fingerprint density at radius 1 is 1.28 bits per heavy atom. The Morgan fingerprint density at radius 3 is 2.44 bits per heavy atom. The Morgan fingerprint density at radius 2 is 1.94 bits per heavy atom. The Labute approximate surface area is 105 Å². The number of carbonyl (C=O) groups is 2. The summed E-state index contributed by atoms with van der Waals surface area (Å²) in [6, 6.07) is 4.96. The molecule has 0 atom stereocenters. The molecule has 1 rings (SSSR count). The van der Waals surface area contributed by atoms with Crippen LogP contribution in [0, 0.1) is 0 Å². The molecule has 0 bridgehead atoms. The molecule has 0 amide bonds. The smallest absolute Gasteiger partial charge is 0.331 e. The monoisotopic (exact) mass is 250 g/mol. The van der Waals surface area contributed by atoms with Gasteiger partial charge in [0.2, 0.25) is 0 Å². The lowest BCUT2D eigenvalue weighted by Crippen LogP contribution is -2.05. The molecule has 0 heterocycles. The molecule has 0 aliphatic rings. The van der Waals surface area contributed by atoms with Crippen LogP contribution in [-0.4, -0.2) is 24.2 Å². The molecule has 0 aliphatic heterocycles. The lowest BCUT2D eigenvalue weighted by Gasteiger charge is -2.10. The van der Waals surface area contributed by atoms with Gasteiger partial charge in [-0.1, -0.05) is 12.1 Å². The number of ether oxygens (including phenoxy) is 2. The summed E-state index contributed by atoms with van der Waals surface area (Å²) in [4.78, 5) is 21.8. The number of benzene rings is 1. The molecule has 1 aromatic rings. The van der Waals surface area contributed by atoms with Crippen LogP contribution >= 0.6 is 0 Å². The van der Waals surface area contributed by atoms with Crippen molar-refractivity contribution in [2.24, 2.45) is 0 Å². The third-order valence-corrected chi connectivity index (χ3v) is 2.18. The maximum Gasteiger partial charge on any atom is 0.331 e. The van der Waals surface area contributed by atoms with Gasteiger partial charge in [-0.25, -0.2) is 4.79 Å². The zero-order valence-electron chi connectivity index (χ0n) is 10.4. The van der Waals surface area contributed by atoms with Crippen LogP contribution in [0.4, 0.5) is 0 Å². The van der Waals surface area contributed by atoms with Crippen molar-refractivity contribution in [1.29, 1.82) is 0 Å². The van der Waals surface area contributed by atoms with E-state index in [0.717, 1.165) is 0 Å². The molecule has 0 spiro atoms. The molecule has 18 heavy (non-hydrogen) atoms. The minimum atomic E-state index is -1.04. The number of aliphatic carboxylic acids is 1. The molecule has 5 nitrogen and oxygen atoms in total. The molecule has 0 radical (unpaired) electrons. The molecular formula is C13H14O5. The Hall–Kier alpha value is -2.30. The van der Waals surface area contributed by atoms with Crippen molar-refractivity contribution in [3.8, 4) is 11.5 Å². The first-order valence-electron chi connectivity index (χ1n) is 5.22. The predicted octanol–water partition coefficient (Wildman–Crippen LogP) is 2.11. The Kier molecular flexibility index (Phi) is 4.48. The maximum absolute atomic E-state index is 11.0. The zero-order chi connectivity index (χ0) is 13.7. The number of hydrogen-bond donors (Lipinski definition) is 1. The normalized spacial score (nSPS) is 10.9. The largest absolute Gasteiger partial charge is 0.493 e. The molecule has 5 heteroatoms. The van der Waals surface area contributed by atoms with Crippen LogP contribution in [0.5, 0.6) is 11.5 Å². The quantitative estimate of drug-likeness (QED) is 0.503. The van der Waals surface area contributed by atoms with E-state index in [1.807, 2.05) is 0 Å². The summed E-state index contributed by atoms with van der Waals surface area (Å²) in [5, 5.41) is 8.84. The van der Waals surface area contributed by atoms with Gasteiger partial charge in [-0.05, 0) is 19.1 Å². The van der Waals surface area contributed by atoms with Gasteiger partial charge in [-0.2, -0.15) is 0 Å². The first-order valence-corrected chi connectivity index (χ1v) is 5.22. The third-order valence-electron chi connectivity index (χ3n) is 2.18. The van der Waals surface area contributed by atoms with Crippen LogP contribution in [0.25, 0.3) is 6.08 Å². The van der Waals surface area contributed by atoms with Gasteiger partial charge >= 0.3 is 11.9 Å². The van der Waals surface area contributed by atoms with Crippen molar-refractivity contribution < 1.29 is 24.2 Å². The fourth-order valence-corrected chi connectivity index (χ4v) is 1.36. The van der Waals surface area contributed by atoms with E-state index >= 15 is 0 Å². The number of carboxylic acids is 1. The van der Waals surface area contributed by atoms with E-state index in [0.29, 0.717) is 11.3 Å². The van der Waals surface area contributed by atoms with Gasteiger partial charge < -0.3 is 14.6 Å². The highest BCUT2D eigenvalue weighted by atomic mass is 16.6. The van der Waals surface area contributed by atoms with Crippen LogP contribution in [0.15, 0.2) is 23.8 Å². The molecule has 0 saturated carbocycles. The van der Waals surface area contributed by atoms with Crippen LogP contribution in [0.3, 0.4) is 0 Å². The second-order valence-electron chi connectivity index (χ2n) is 3.60. The molecular weight excluding hydrogens is 236 g/mol. The molecule has 1 aromatic carbocycles. The predicted molar refractivity (Wildman–Crippen MR) is 65.6 cm³/mol. The molecule has 1 N–H and O–H groups in total. The van der Waals surface area contributed by atoms with Crippen LogP contribution in [-0.2, 0) is 9.59 Å². The first-order chi connectivity index (χ1) is 8.45. The highest BCUT2D eigenvalue weighted by Gasteiger charge is 2.12.